The number of carbonyl (C=O) groups excluding carboxylic acids is 1. The second-order valence-corrected chi connectivity index (χ2v) is 5.22. The maximum atomic E-state index is 11.2. The fraction of sp³-hybridized carbons (Fsp3) is 0.467. The van der Waals surface area contributed by atoms with E-state index in [1.807, 2.05) is 25.2 Å². The molecule has 19 heavy (non-hydrogen) atoms. The number of hydrogen-bond acceptors (Lipinski definition) is 3. The van der Waals surface area contributed by atoms with Crippen LogP contribution in [0.3, 0.4) is 0 Å². The van der Waals surface area contributed by atoms with Crippen molar-refractivity contribution in [2.24, 2.45) is 4.99 Å². The molecule has 1 aliphatic carbocycles. The predicted octanol–water partition coefficient (Wildman–Crippen LogP) is 2.14. The molecule has 1 unspecified atom stereocenters. The quantitative estimate of drug-likeness (QED) is 0.827. The Bertz CT molecular complexity index is 500. The average molecular weight is 260 g/mol. The van der Waals surface area contributed by atoms with Gasteiger partial charge in [-0.2, -0.15) is 0 Å². The van der Waals surface area contributed by atoms with Crippen LogP contribution in [0.5, 0.6) is 0 Å². The molecule has 0 saturated carbocycles. The van der Waals surface area contributed by atoms with Crippen molar-refractivity contribution >= 4 is 11.6 Å². The summed E-state index contributed by atoms with van der Waals surface area (Å²) in [5.41, 5.74) is 2.62. The first-order valence-electron chi connectivity index (χ1n) is 6.48. The second-order valence-electron chi connectivity index (χ2n) is 5.22. The molecule has 0 spiro atoms. The Balaban J connectivity index is 2.30. The molecule has 0 radical (unpaired) electrons. The topological polar surface area (TPSA) is 50.7 Å². The van der Waals surface area contributed by atoms with Crippen LogP contribution in [0, 0.1) is 0 Å². The van der Waals surface area contributed by atoms with Gasteiger partial charge in [-0.05, 0) is 38.0 Å². The van der Waals surface area contributed by atoms with E-state index in [4.69, 9.17) is 9.73 Å². The van der Waals surface area contributed by atoms with Gasteiger partial charge < -0.3 is 10.1 Å². The van der Waals surface area contributed by atoms with Crippen LogP contribution in [0.25, 0.3) is 0 Å². The molecule has 0 aromatic rings. The van der Waals surface area contributed by atoms with Crippen LogP contribution in [-0.2, 0) is 9.53 Å². The molecule has 1 amide bonds. The minimum absolute atomic E-state index is 0.0677. The molecule has 102 valence electrons. The van der Waals surface area contributed by atoms with Crippen LogP contribution in [-0.4, -0.2) is 30.4 Å². The van der Waals surface area contributed by atoms with Crippen molar-refractivity contribution in [2.45, 2.75) is 32.7 Å². The zero-order valence-electron chi connectivity index (χ0n) is 11.7. The first kappa shape index (κ1) is 13.7. The monoisotopic (exact) mass is 260 g/mol. The molecule has 4 nitrogen and oxygen atoms in total. The van der Waals surface area contributed by atoms with E-state index in [0.29, 0.717) is 13.2 Å². The summed E-state index contributed by atoms with van der Waals surface area (Å²) in [7, 11) is 0. The molecule has 0 fully saturated rings. The third kappa shape index (κ3) is 3.41. The maximum absolute atomic E-state index is 11.2. The zero-order valence-corrected chi connectivity index (χ0v) is 11.7. The van der Waals surface area contributed by atoms with Crippen molar-refractivity contribution in [3.63, 3.8) is 0 Å². The Morgan fingerprint density at radius 3 is 3.00 bits per heavy atom. The highest BCUT2D eigenvalue weighted by Gasteiger charge is 2.31. The SMILES string of the molecule is CC(=O)NC1=CC=CCC(C2(C)COCC(C)=N2)=C1. The molecule has 1 N–H and O–H groups in total. The van der Waals surface area contributed by atoms with Crippen molar-refractivity contribution < 1.29 is 9.53 Å². The van der Waals surface area contributed by atoms with Gasteiger partial charge in [-0.1, -0.05) is 12.2 Å². The third-order valence-corrected chi connectivity index (χ3v) is 3.22. The predicted molar refractivity (Wildman–Crippen MR) is 76.1 cm³/mol. The van der Waals surface area contributed by atoms with Gasteiger partial charge in [0.25, 0.3) is 0 Å². The summed E-state index contributed by atoms with van der Waals surface area (Å²) in [5.74, 6) is -0.0677. The molecule has 0 saturated heterocycles. The molecular formula is C15H20N2O2. The van der Waals surface area contributed by atoms with E-state index >= 15 is 0 Å². The first-order chi connectivity index (χ1) is 8.99. The second kappa shape index (κ2) is 5.53. The highest BCUT2D eigenvalue weighted by Crippen LogP contribution is 2.29. The van der Waals surface area contributed by atoms with Gasteiger partial charge in [-0.25, -0.2) is 0 Å². The largest absolute Gasteiger partial charge is 0.373 e. The highest BCUT2D eigenvalue weighted by atomic mass is 16.5. The summed E-state index contributed by atoms with van der Waals surface area (Å²) in [5, 5.41) is 2.82. The lowest BCUT2D eigenvalue weighted by Gasteiger charge is -2.32. The van der Waals surface area contributed by atoms with E-state index in [0.717, 1.165) is 23.4 Å². The third-order valence-electron chi connectivity index (χ3n) is 3.22. The van der Waals surface area contributed by atoms with Gasteiger partial charge in [0, 0.05) is 18.3 Å². The number of carbonyl (C=O) groups is 1. The number of amides is 1. The van der Waals surface area contributed by atoms with Crippen LogP contribution in [0.2, 0.25) is 0 Å². The Morgan fingerprint density at radius 1 is 1.53 bits per heavy atom. The van der Waals surface area contributed by atoms with Crippen LogP contribution < -0.4 is 5.32 Å². The Morgan fingerprint density at radius 2 is 2.32 bits per heavy atom. The van der Waals surface area contributed by atoms with E-state index in [2.05, 4.69) is 18.3 Å². The summed E-state index contributed by atoms with van der Waals surface area (Å²) in [6.07, 6.45) is 8.75. The number of hydrogen-bond donors (Lipinski definition) is 1. The van der Waals surface area contributed by atoms with Gasteiger partial charge in [0.1, 0.15) is 5.54 Å². The number of allylic oxidation sites excluding steroid dienone is 4. The maximum Gasteiger partial charge on any atom is 0.221 e. The van der Waals surface area contributed by atoms with Crippen LogP contribution in [0.4, 0.5) is 0 Å². The minimum Gasteiger partial charge on any atom is -0.373 e. The fourth-order valence-electron chi connectivity index (χ4n) is 2.37. The smallest absolute Gasteiger partial charge is 0.221 e. The average Bonchev–Trinajstić information content (AvgIpc) is 2.54. The molecule has 2 rings (SSSR count). The highest BCUT2D eigenvalue weighted by molar-refractivity contribution is 5.84. The minimum atomic E-state index is -0.339. The molecule has 2 aliphatic rings. The van der Waals surface area contributed by atoms with Crippen LogP contribution in [0.15, 0.2) is 40.6 Å². The van der Waals surface area contributed by atoms with Crippen LogP contribution >= 0.6 is 0 Å². The van der Waals surface area contributed by atoms with E-state index in [-0.39, 0.29) is 11.4 Å². The Hall–Kier alpha value is -1.68. The Kier molecular flexibility index (Phi) is 4.00. The lowest BCUT2D eigenvalue weighted by molar-refractivity contribution is -0.118. The summed E-state index contributed by atoms with van der Waals surface area (Å²) in [4.78, 5) is 15.9. The number of ether oxygens (including phenoxy) is 1. The molecule has 0 aromatic carbocycles. The van der Waals surface area contributed by atoms with Crippen molar-refractivity contribution in [1.29, 1.82) is 0 Å². The number of nitrogens with one attached hydrogen (secondary N) is 1. The number of nitrogens with zero attached hydrogens (tertiary/aromatic N) is 1. The summed E-state index contributed by atoms with van der Waals surface area (Å²) >= 11 is 0. The molecule has 1 aliphatic heterocycles. The Labute approximate surface area is 113 Å². The van der Waals surface area contributed by atoms with E-state index < -0.39 is 0 Å². The fourth-order valence-corrected chi connectivity index (χ4v) is 2.37. The standard InChI is InChI=1S/C15H20N2O2/c1-11-9-19-10-15(3,17-11)13-6-4-5-7-14(8-13)16-12(2)18/h4-5,7-8H,6,9-10H2,1-3H3,(H,16,18). The van der Waals surface area contributed by atoms with E-state index in [1.165, 1.54) is 6.92 Å². The van der Waals surface area contributed by atoms with Gasteiger partial charge in [0.05, 0.1) is 13.2 Å². The van der Waals surface area contributed by atoms with Gasteiger partial charge in [0.15, 0.2) is 0 Å². The van der Waals surface area contributed by atoms with Crippen LogP contribution in [0.1, 0.15) is 27.2 Å². The summed E-state index contributed by atoms with van der Waals surface area (Å²) in [6.45, 7) is 6.75. The molecule has 4 heteroatoms. The normalized spacial score (nSPS) is 27.0. The summed E-state index contributed by atoms with van der Waals surface area (Å²) in [6, 6.07) is 0. The van der Waals surface area contributed by atoms with Gasteiger partial charge in [-0.3, -0.25) is 9.79 Å². The number of rotatable bonds is 2. The van der Waals surface area contributed by atoms with Crippen molar-refractivity contribution in [2.75, 3.05) is 13.2 Å². The summed E-state index contributed by atoms with van der Waals surface area (Å²) < 4.78 is 5.61. The van der Waals surface area contributed by atoms with E-state index in [9.17, 15) is 4.79 Å². The van der Waals surface area contributed by atoms with Gasteiger partial charge >= 0.3 is 0 Å². The molecule has 0 aromatic heterocycles. The van der Waals surface area contributed by atoms with Crippen molar-refractivity contribution in [3.05, 3.63) is 35.6 Å². The molecule has 0 bridgehead atoms. The molecule has 1 atom stereocenters. The zero-order chi connectivity index (χ0) is 13.9. The lowest BCUT2D eigenvalue weighted by atomic mass is 9.89. The van der Waals surface area contributed by atoms with E-state index in [1.54, 1.807) is 0 Å². The number of aliphatic imine (C=N–C) groups is 1. The first-order valence-corrected chi connectivity index (χ1v) is 6.48. The molecular weight excluding hydrogens is 240 g/mol. The van der Waals surface area contributed by atoms with Crippen molar-refractivity contribution in [3.8, 4) is 0 Å². The van der Waals surface area contributed by atoms with Crippen molar-refractivity contribution in [1.82, 2.24) is 5.32 Å². The van der Waals surface area contributed by atoms with Gasteiger partial charge in [0.2, 0.25) is 5.91 Å². The lowest BCUT2D eigenvalue weighted by Crippen LogP contribution is -2.37. The van der Waals surface area contributed by atoms with Gasteiger partial charge in [-0.15, -0.1) is 0 Å². The molecule has 1 heterocycles.